The lowest BCUT2D eigenvalue weighted by molar-refractivity contribution is 0.294. The number of aromatic nitrogens is 2. The van der Waals surface area contributed by atoms with Gasteiger partial charge in [0.15, 0.2) is 0 Å². The lowest BCUT2D eigenvalue weighted by atomic mass is 10.3. The standard InChI is InChI=1S/C14H25BrN4O/c1-6-18(7-2)9-11(5)17-12-8-16-19(10(3)4)14(20)13(12)15/h8,10-11,17H,6-7,9H2,1-5H3. The molecule has 1 rings (SSSR count). The molecule has 1 atom stereocenters. The molecule has 0 saturated heterocycles. The molecule has 0 aliphatic heterocycles. The van der Waals surface area contributed by atoms with Crippen molar-refractivity contribution in [2.75, 3.05) is 25.0 Å². The molecule has 0 aliphatic carbocycles. The van der Waals surface area contributed by atoms with Crippen molar-refractivity contribution in [3.8, 4) is 0 Å². The van der Waals surface area contributed by atoms with Gasteiger partial charge in [0.05, 0.1) is 17.9 Å². The Morgan fingerprint density at radius 1 is 1.35 bits per heavy atom. The molecule has 20 heavy (non-hydrogen) atoms. The van der Waals surface area contributed by atoms with E-state index in [-0.39, 0.29) is 17.6 Å². The number of hydrogen-bond donors (Lipinski definition) is 1. The van der Waals surface area contributed by atoms with Crippen LogP contribution in [0.1, 0.15) is 40.7 Å². The molecular formula is C14H25BrN4O. The van der Waals surface area contributed by atoms with Crippen molar-refractivity contribution in [1.29, 1.82) is 0 Å². The molecule has 5 nitrogen and oxygen atoms in total. The molecule has 1 heterocycles. The van der Waals surface area contributed by atoms with E-state index in [1.807, 2.05) is 13.8 Å². The molecule has 1 aromatic rings. The lowest BCUT2D eigenvalue weighted by Crippen LogP contribution is -2.35. The van der Waals surface area contributed by atoms with Gasteiger partial charge < -0.3 is 10.2 Å². The highest BCUT2D eigenvalue weighted by Gasteiger charge is 2.13. The van der Waals surface area contributed by atoms with Gasteiger partial charge in [0, 0.05) is 12.6 Å². The van der Waals surface area contributed by atoms with Gasteiger partial charge in [0.25, 0.3) is 5.56 Å². The average molecular weight is 345 g/mol. The van der Waals surface area contributed by atoms with Gasteiger partial charge in [-0.25, -0.2) is 4.68 Å². The summed E-state index contributed by atoms with van der Waals surface area (Å²) in [6, 6.07) is 0.309. The maximum Gasteiger partial charge on any atom is 0.283 e. The van der Waals surface area contributed by atoms with Gasteiger partial charge in [-0.1, -0.05) is 13.8 Å². The third kappa shape index (κ3) is 4.31. The van der Waals surface area contributed by atoms with Crippen LogP contribution in [0.15, 0.2) is 15.5 Å². The first kappa shape index (κ1) is 17.2. The van der Waals surface area contributed by atoms with Gasteiger partial charge in [0.2, 0.25) is 0 Å². The van der Waals surface area contributed by atoms with Crippen LogP contribution in [-0.2, 0) is 0 Å². The first-order chi connectivity index (χ1) is 9.40. The largest absolute Gasteiger partial charge is 0.379 e. The highest BCUT2D eigenvalue weighted by molar-refractivity contribution is 9.10. The summed E-state index contributed by atoms with van der Waals surface area (Å²) < 4.78 is 2.03. The zero-order chi connectivity index (χ0) is 15.3. The highest BCUT2D eigenvalue weighted by Crippen LogP contribution is 2.18. The molecule has 0 radical (unpaired) electrons. The molecule has 0 amide bonds. The van der Waals surface area contributed by atoms with E-state index in [1.165, 1.54) is 4.68 Å². The smallest absolute Gasteiger partial charge is 0.283 e. The fourth-order valence-electron chi connectivity index (χ4n) is 2.09. The number of hydrogen-bond acceptors (Lipinski definition) is 4. The Bertz CT molecular complexity index is 483. The van der Waals surface area contributed by atoms with Crippen molar-refractivity contribution in [2.45, 2.75) is 46.7 Å². The second-order valence-electron chi connectivity index (χ2n) is 5.25. The van der Waals surface area contributed by atoms with Crippen LogP contribution in [0, 0.1) is 0 Å². The maximum atomic E-state index is 12.2. The Morgan fingerprint density at radius 2 is 1.95 bits per heavy atom. The normalized spacial score (nSPS) is 13.0. The quantitative estimate of drug-likeness (QED) is 0.826. The molecule has 1 unspecified atom stereocenters. The number of nitrogens with one attached hydrogen (secondary N) is 1. The van der Waals surface area contributed by atoms with E-state index in [9.17, 15) is 4.79 Å². The van der Waals surface area contributed by atoms with Crippen molar-refractivity contribution >= 4 is 21.6 Å². The van der Waals surface area contributed by atoms with Crippen LogP contribution in [0.25, 0.3) is 0 Å². The van der Waals surface area contributed by atoms with Crippen LogP contribution in [-0.4, -0.2) is 40.4 Å². The molecule has 0 bridgehead atoms. The number of likely N-dealkylation sites (N-methyl/N-ethyl adjacent to an activating group) is 1. The molecule has 1 aromatic heterocycles. The van der Waals surface area contributed by atoms with Gasteiger partial charge >= 0.3 is 0 Å². The predicted molar refractivity (Wildman–Crippen MR) is 87.5 cm³/mol. The Kier molecular flexibility index (Phi) is 6.68. The molecule has 0 aromatic carbocycles. The third-order valence-electron chi connectivity index (χ3n) is 3.26. The van der Waals surface area contributed by atoms with Crippen LogP contribution in [0.4, 0.5) is 5.69 Å². The van der Waals surface area contributed by atoms with Gasteiger partial charge in [-0.15, -0.1) is 0 Å². The van der Waals surface area contributed by atoms with Crippen LogP contribution in [0.3, 0.4) is 0 Å². The van der Waals surface area contributed by atoms with Crippen LogP contribution >= 0.6 is 15.9 Å². The number of anilines is 1. The van der Waals surface area contributed by atoms with E-state index in [0.29, 0.717) is 4.47 Å². The van der Waals surface area contributed by atoms with Crippen molar-refractivity contribution < 1.29 is 0 Å². The number of halogens is 1. The Morgan fingerprint density at radius 3 is 2.45 bits per heavy atom. The molecular weight excluding hydrogens is 320 g/mol. The number of nitrogens with zero attached hydrogens (tertiary/aromatic N) is 3. The molecule has 0 fully saturated rings. The van der Waals surface area contributed by atoms with Crippen LogP contribution < -0.4 is 10.9 Å². The van der Waals surface area contributed by atoms with E-state index in [0.717, 1.165) is 25.3 Å². The zero-order valence-electron chi connectivity index (χ0n) is 13.0. The van der Waals surface area contributed by atoms with Crippen LogP contribution in [0.5, 0.6) is 0 Å². The second-order valence-corrected chi connectivity index (χ2v) is 6.04. The highest BCUT2D eigenvalue weighted by atomic mass is 79.9. The summed E-state index contributed by atoms with van der Waals surface area (Å²) in [4.78, 5) is 14.5. The summed E-state index contributed by atoms with van der Waals surface area (Å²) in [6.45, 7) is 13.3. The summed E-state index contributed by atoms with van der Waals surface area (Å²) in [5.74, 6) is 0. The second kappa shape index (κ2) is 7.78. The van der Waals surface area contributed by atoms with E-state index in [2.05, 4.69) is 52.0 Å². The summed E-state index contributed by atoms with van der Waals surface area (Å²) >= 11 is 3.38. The van der Waals surface area contributed by atoms with Crippen LogP contribution in [0.2, 0.25) is 0 Å². The van der Waals surface area contributed by atoms with E-state index in [1.54, 1.807) is 6.20 Å². The molecule has 6 heteroatoms. The van der Waals surface area contributed by atoms with Gasteiger partial charge in [-0.2, -0.15) is 5.10 Å². The molecule has 0 aliphatic rings. The Hall–Kier alpha value is -0.880. The summed E-state index contributed by atoms with van der Waals surface area (Å²) in [7, 11) is 0. The van der Waals surface area contributed by atoms with Crippen molar-refractivity contribution in [3.05, 3.63) is 21.0 Å². The molecule has 114 valence electrons. The summed E-state index contributed by atoms with van der Waals surface area (Å²) in [6.07, 6.45) is 1.71. The summed E-state index contributed by atoms with van der Waals surface area (Å²) in [5.41, 5.74) is 0.659. The monoisotopic (exact) mass is 344 g/mol. The Labute approximate surface area is 129 Å². The van der Waals surface area contributed by atoms with Gasteiger partial charge in [-0.05, 0) is 49.8 Å². The SMILES string of the molecule is CCN(CC)CC(C)Nc1cnn(C(C)C)c(=O)c1Br. The fraction of sp³-hybridized carbons (Fsp3) is 0.714. The molecule has 1 N–H and O–H groups in total. The molecule has 0 saturated carbocycles. The average Bonchev–Trinajstić information content (AvgIpc) is 2.41. The van der Waals surface area contributed by atoms with E-state index >= 15 is 0 Å². The number of rotatable bonds is 7. The first-order valence-corrected chi connectivity index (χ1v) is 7.96. The lowest BCUT2D eigenvalue weighted by Gasteiger charge is -2.24. The van der Waals surface area contributed by atoms with E-state index in [4.69, 9.17) is 0 Å². The minimum atomic E-state index is -0.0972. The Balaban J connectivity index is 2.83. The van der Waals surface area contributed by atoms with Crippen molar-refractivity contribution in [2.24, 2.45) is 0 Å². The summed E-state index contributed by atoms with van der Waals surface area (Å²) in [5, 5.41) is 7.56. The molecule has 0 spiro atoms. The van der Waals surface area contributed by atoms with Gasteiger partial charge in [0.1, 0.15) is 4.47 Å². The third-order valence-corrected chi connectivity index (χ3v) is 4.03. The topological polar surface area (TPSA) is 50.2 Å². The zero-order valence-corrected chi connectivity index (χ0v) is 14.6. The maximum absolute atomic E-state index is 12.2. The predicted octanol–water partition coefficient (Wildman–Crippen LogP) is 2.73. The van der Waals surface area contributed by atoms with Gasteiger partial charge in [-0.3, -0.25) is 4.79 Å². The van der Waals surface area contributed by atoms with Crippen molar-refractivity contribution in [3.63, 3.8) is 0 Å². The van der Waals surface area contributed by atoms with E-state index < -0.39 is 0 Å². The van der Waals surface area contributed by atoms with Crippen molar-refractivity contribution in [1.82, 2.24) is 14.7 Å². The fourth-order valence-corrected chi connectivity index (χ4v) is 2.49. The minimum absolute atomic E-state index is 0.0564. The first-order valence-electron chi connectivity index (χ1n) is 7.16. The minimum Gasteiger partial charge on any atom is -0.379 e.